The smallest absolute Gasteiger partial charge is 0.309 e. The van der Waals surface area contributed by atoms with Gasteiger partial charge in [0.1, 0.15) is 11.6 Å². The largest absolute Gasteiger partial charge is 0.454 e. The van der Waals surface area contributed by atoms with Crippen molar-refractivity contribution in [1.82, 2.24) is 10.6 Å². The van der Waals surface area contributed by atoms with Crippen molar-refractivity contribution in [2.75, 3.05) is 6.79 Å². The Kier molecular flexibility index (Phi) is 4.78. The third-order valence-electron chi connectivity index (χ3n) is 3.55. The number of nitrogens with one attached hydrogen (secondary N) is 2. The topological polar surface area (TPSA) is 76.7 Å². The zero-order chi connectivity index (χ0) is 17.8. The highest BCUT2D eigenvalue weighted by Gasteiger charge is 2.16. The molecule has 0 unspecified atom stereocenters. The second kappa shape index (κ2) is 7.16. The van der Waals surface area contributed by atoms with Gasteiger partial charge >= 0.3 is 11.8 Å². The highest BCUT2D eigenvalue weighted by atomic mass is 19.1. The van der Waals surface area contributed by atoms with Crippen molar-refractivity contribution in [2.24, 2.45) is 0 Å². The van der Waals surface area contributed by atoms with Gasteiger partial charge in [-0.05, 0) is 23.8 Å². The second-order valence-electron chi connectivity index (χ2n) is 5.29. The summed E-state index contributed by atoms with van der Waals surface area (Å²) in [6.45, 7) is 0.0453. The van der Waals surface area contributed by atoms with Crippen LogP contribution in [-0.2, 0) is 22.7 Å². The van der Waals surface area contributed by atoms with Crippen LogP contribution in [0.5, 0.6) is 11.5 Å². The van der Waals surface area contributed by atoms with Crippen LogP contribution < -0.4 is 20.1 Å². The summed E-state index contributed by atoms with van der Waals surface area (Å²) < 4.78 is 36.7. The number of rotatable bonds is 4. The molecule has 1 aliphatic rings. The summed E-state index contributed by atoms with van der Waals surface area (Å²) in [4.78, 5) is 23.5. The van der Waals surface area contributed by atoms with Crippen molar-refractivity contribution < 1.29 is 27.8 Å². The van der Waals surface area contributed by atoms with Crippen molar-refractivity contribution in [3.05, 3.63) is 59.2 Å². The molecule has 0 aliphatic carbocycles. The maximum absolute atomic E-state index is 13.5. The minimum absolute atomic E-state index is 0.0818. The monoisotopic (exact) mass is 348 g/mol. The average Bonchev–Trinajstić information content (AvgIpc) is 3.06. The van der Waals surface area contributed by atoms with E-state index in [1.807, 2.05) is 0 Å². The Morgan fingerprint density at radius 2 is 1.64 bits per heavy atom. The Balaban J connectivity index is 1.50. The minimum atomic E-state index is -0.913. The first-order valence-electron chi connectivity index (χ1n) is 7.41. The standard InChI is InChI=1S/C17H14F2N2O4/c18-12-3-2-11(13(19)6-12)8-21-17(23)16(22)20-7-10-1-4-14-15(5-10)25-9-24-14/h1-6H,7-9H2,(H,20,22)(H,21,23). The lowest BCUT2D eigenvalue weighted by atomic mass is 10.2. The average molecular weight is 348 g/mol. The number of amides is 2. The normalized spacial score (nSPS) is 11.9. The number of hydrogen-bond donors (Lipinski definition) is 2. The zero-order valence-electron chi connectivity index (χ0n) is 13.0. The van der Waals surface area contributed by atoms with E-state index in [0.29, 0.717) is 17.6 Å². The highest BCUT2D eigenvalue weighted by Crippen LogP contribution is 2.32. The molecule has 6 nitrogen and oxygen atoms in total. The lowest BCUT2D eigenvalue weighted by molar-refractivity contribution is -0.139. The van der Waals surface area contributed by atoms with Gasteiger partial charge in [-0.1, -0.05) is 12.1 Å². The SMILES string of the molecule is O=C(NCc1ccc2c(c1)OCO2)C(=O)NCc1ccc(F)cc1F. The van der Waals surface area contributed by atoms with Gasteiger partial charge in [-0.3, -0.25) is 9.59 Å². The van der Waals surface area contributed by atoms with Gasteiger partial charge in [0.2, 0.25) is 6.79 Å². The molecule has 0 bridgehead atoms. The highest BCUT2D eigenvalue weighted by molar-refractivity contribution is 6.35. The van der Waals surface area contributed by atoms with Crippen molar-refractivity contribution >= 4 is 11.8 Å². The van der Waals surface area contributed by atoms with E-state index in [2.05, 4.69) is 10.6 Å². The number of carbonyl (C=O) groups excluding carboxylic acids is 2. The summed E-state index contributed by atoms with van der Waals surface area (Å²) in [5, 5.41) is 4.73. The zero-order valence-corrected chi connectivity index (χ0v) is 13.0. The summed E-state index contributed by atoms with van der Waals surface area (Å²) >= 11 is 0. The van der Waals surface area contributed by atoms with Crippen LogP contribution in [0.1, 0.15) is 11.1 Å². The number of halogens is 2. The molecule has 8 heteroatoms. The third kappa shape index (κ3) is 4.03. The first kappa shape index (κ1) is 16.7. The van der Waals surface area contributed by atoms with Crippen molar-refractivity contribution in [3.8, 4) is 11.5 Å². The Hall–Kier alpha value is -3.16. The Bertz CT molecular complexity index is 826. The Morgan fingerprint density at radius 1 is 0.920 bits per heavy atom. The van der Waals surface area contributed by atoms with Gasteiger partial charge in [0, 0.05) is 24.7 Å². The van der Waals surface area contributed by atoms with Crippen molar-refractivity contribution in [1.29, 1.82) is 0 Å². The quantitative estimate of drug-likeness (QED) is 0.824. The van der Waals surface area contributed by atoms with E-state index in [9.17, 15) is 18.4 Å². The van der Waals surface area contributed by atoms with E-state index < -0.39 is 23.4 Å². The molecule has 0 saturated heterocycles. The Morgan fingerprint density at radius 3 is 2.40 bits per heavy atom. The van der Waals surface area contributed by atoms with Gasteiger partial charge in [0.25, 0.3) is 0 Å². The van der Waals surface area contributed by atoms with Crippen LogP contribution in [-0.4, -0.2) is 18.6 Å². The van der Waals surface area contributed by atoms with E-state index in [0.717, 1.165) is 11.6 Å². The summed E-state index contributed by atoms with van der Waals surface area (Å²) in [6.07, 6.45) is 0. The molecule has 0 saturated carbocycles. The Labute approximate surface area is 141 Å². The van der Waals surface area contributed by atoms with Gasteiger partial charge in [-0.2, -0.15) is 0 Å². The van der Waals surface area contributed by atoms with E-state index in [4.69, 9.17) is 9.47 Å². The predicted octanol–water partition coefficient (Wildman–Crippen LogP) is 1.63. The number of fused-ring (bicyclic) bond motifs is 1. The van der Waals surface area contributed by atoms with Crippen LogP contribution >= 0.6 is 0 Å². The van der Waals surface area contributed by atoms with E-state index in [-0.39, 0.29) is 25.4 Å². The molecule has 0 aromatic heterocycles. The fraction of sp³-hybridized carbons (Fsp3) is 0.176. The second-order valence-corrected chi connectivity index (χ2v) is 5.29. The van der Waals surface area contributed by atoms with Crippen LogP contribution in [0.25, 0.3) is 0 Å². The van der Waals surface area contributed by atoms with Crippen LogP contribution in [0.15, 0.2) is 36.4 Å². The van der Waals surface area contributed by atoms with Crippen LogP contribution in [0, 0.1) is 11.6 Å². The van der Waals surface area contributed by atoms with Gasteiger partial charge in [-0.25, -0.2) is 8.78 Å². The molecular weight excluding hydrogens is 334 g/mol. The molecule has 130 valence electrons. The van der Waals surface area contributed by atoms with E-state index >= 15 is 0 Å². The number of benzene rings is 2. The third-order valence-corrected chi connectivity index (χ3v) is 3.55. The number of carbonyl (C=O) groups is 2. The van der Waals surface area contributed by atoms with Gasteiger partial charge in [0.05, 0.1) is 0 Å². The van der Waals surface area contributed by atoms with Crippen LogP contribution in [0.4, 0.5) is 8.78 Å². The van der Waals surface area contributed by atoms with Crippen LogP contribution in [0.2, 0.25) is 0 Å². The first-order valence-corrected chi connectivity index (χ1v) is 7.41. The van der Waals surface area contributed by atoms with E-state index in [1.54, 1.807) is 18.2 Å². The molecule has 3 rings (SSSR count). The molecule has 0 fully saturated rings. The predicted molar refractivity (Wildman–Crippen MR) is 82.6 cm³/mol. The molecule has 25 heavy (non-hydrogen) atoms. The number of hydrogen-bond acceptors (Lipinski definition) is 4. The molecule has 0 radical (unpaired) electrons. The molecule has 2 N–H and O–H groups in total. The summed E-state index contributed by atoms with van der Waals surface area (Å²) in [6, 6.07) is 8.14. The first-order chi connectivity index (χ1) is 12.0. The molecule has 1 heterocycles. The summed E-state index contributed by atoms with van der Waals surface area (Å²) in [5.41, 5.74) is 0.813. The summed E-state index contributed by atoms with van der Waals surface area (Å²) in [5.74, 6) is -2.09. The maximum Gasteiger partial charge on any atom is 0.309 e. The molecule has 2 aromatic rings. The van der Waals surface area contributed by atoms with Crippen LogP contribution in [0.3, 0.4) is 0 Å². The minimum Gasteiger partial charge on any atom is -0.454 e. The molecular formula is C17H14F2N2O4. The fourth-order valence-corrected chi connectivity index (χ4v) is 2.23. The van der Waals surface area contributed by atoms with Gasteiger partial charge in [0.15, 0.2) is 11.5 Å². The summed E-state index contributed by atoms with van der Waals surface area (Å²) in [7, 11) is 0. The molecule has 2 amide bonds. The van der Waals surface area contributed by atoms with Gasteiger partial charge in [-0.15, -0.1) is 0 Å². The molecule has 2 aromatic carbocycles. The molecule has 0 spiro atoms. The van der Waals surface area contributed by atoms with E-state index in [1.165, 1.54) is 6.07 Å². The lowest BCUT2D eigenvalue weighted by Gasteiger charge is -2.08. The maximum atomic E-state index is 13.5. The van der Waals surface area contributed by atoms with Gasteiger partial charge < -0.3 is 20.1 Å². The molecule has 0 atom stereocenters. The van der Waals surface area contributed by atoms with Crippen molar-refractivity contribution in [2.45, 2.75) is 13.1 Å². The molecule has 1 aliphatic heterocycles. The van der Waals surface area contributed by atoms with Crippen molar-refractivity contribution in [3.63, 3.8) is 0 Å². The lowest BCUT2D eigenvalue weighted by Crippen LogP contribution is -2.39. The number of ether oxygens (including phenoxy) is 2. The fourth-order valence-electron chi connectivity index (χ4n) is 2.23.